The molecule has 2 fully saturated rings. The fourth-order valence-electron chi connectivity index (χ4n) is 3.58. The standard InChI is InChI=1S/C22H23N3O4/c1-2-29-18-9-7-17(8-10-18)25-20(26)12-19(22(25)28)24(21(27)16-5-6-16)14-15-4-3-11-23-13-15/h3-4,7-11,13,16,19H,2,5-6,12,14H2,1H3. The van der Waals surface area contributed by atoms with Crippen LogP contribution in [0.2, 0.25) is 0 Å². The van der Waals surface area contributed by atoms with Crippen molar-refractivity contribution in [3.05, 3.63) is 54.4 Å². The quantitative estimate of drug-likeness (QED) is 0.676. The van der Waals surface area contributed by atoms with Crippen LogP contribution in [0.3, 0.4) is 0 Å². The minimum absolute atomic E-state index is 0.00916. The molecule has 1 aliphatic heterocycles. The highest BCUT2D eigenvalue weighted by molar-refractivity contribution is 6.23. The van der Waals surface area contributed by atoms with Gasteiger partial charge in [-0.15, -0.1) is 0 Å². The Kier molecular flexibility index (Phi) is 5.29. The second-order valence-corrected chi connectivity index (χ2v) is 7.32. The lowest BCUT2D eigenvalue weighted by atomic mass is 10.1. The summed E-state index contributed by atoms with van der Waals surface area (Å²) in [7, 11) is 0. The zero-order chi connectivity index (χ0) is 20.4. The third kappa shape index (κ3) is 3.99. The average molecular weight is 393 g/mol. The molecule has 1 saturated carbocycles. The minimum Gasteiger partial charge on any atom is -0.494 e. The van der Waals surface area contributed by atoms with E-state index in [4.69, 9.17) is 4.74 Å². The van der Waals surface area contributed by atoms with Gasteiger partial charge in [0.1, 0.15) is 11.8 Å². The summed E-state index contributed by atoms with van der Waals surface area (Å²) in [6, 6.07) is 9.72. The lowest BCUT2D eigenvalue weighted by molar-refractivity contribution is -0.140. The highest BCUT2D eigenvalue weighted by Crippen LogP contribution is 2.35. The van der Waals surface area contributed by atoms with Gasteiger partial charge in [0, 0.05) is 24.9 Å². The van der Waals surface area contributed by atoms with Gasteiger partial charge in [-0.1, -0.05) is 6.07 Å². The maximum absolute atomic E-state index is 13.2. The molecule has 3 amide bonds. The Bertz CT molecular complexity index is 909. The van der Waals surface area contributed by atoms with Crippen molar-refractivity contribution in [2.45, 2.75) is 38.8 Å². The van der Waals surface area contributed by atoms with Crippen molar-refractivity contribution >= 4 is 23.4 Å². The number of benzene rings is 1. The molecule has 29 heavy (non-hydrogen) atoms. The Labute approximate surface area is 169 Å². The van der Waals surface area contributed by atoms with Crippen molar-refractivity contribution < 1.29 is 19.1 Å². The molecule has 7 nitrogen and oxygen atoms in total. The molecule has 0 spiro atoms. The van der Waals surface area contributed by atoms with Crippen LogP contribution in [-0.2, 0) is 20.9 Å². The molecule has 2 aliphatic rings. The normalized spacial score (nSPS) is 18.8. The molecule has 1 aromatic carbocycles. The molecule has 1 unspecified atom stereocenters. The maximum Gasteiger partial charge on any atom is 0.257 e. The van der Waals surface area contributed by atoms with Crippen LogP contribution >= 0.6 is 0 Å². The van der Waals surface area contributed by atoms with Crippen LogP contribution in [0.1, 0.15) is 31.7 Å². The number of carbonyl (C=O) groups excluding carboxylic acids is 3. The number of hydrogen-bond acceptors (Lipinski definition) is 5. The average Bonchev–Trinajstić information content (AvgIpc) is 3.53. The van der Waals surface area contributed by atoms with Gasteiger partial charge in [0.2, 0.25) is 11.8 Å². The van der Waals surface area contributed by atoms with Gasteiger partial charge < -0.3 is 9.64 Å². The molecule has 0 N–H and O–H groups in total. The third-order valence-electron chi connectivity index (χ3n) is 5.19. The first-order chi connectivity index (χ1) is 14.1. The molecule has 1 aliphatic carbocycles. The van der Waals surface area contributed by atoms with E-state index in [-0.39, 0.29) is 36.6 Å². The van der Waals surface area contributed by atoms with E-state index >= 15 is 0 Å². The van der Waals surface area contributed by atoms with E-state index in [9.17, 15) is 14.4 Å². The third-order valence-corrected chi connectivity index (χ3v) is 5.19. The van der Waals surface area contributed by atoms with Crippen LogP contribution in [0.15, 0.2) is 48.8 Å². The number of nitrogens with zero attached hydrogens (tertiary/aromatic N) is 3. The van der Waals surface area contributed by atoms with Gasteiger partial charge >= 0.3 is 0 Å². The van der Waals surface area contributed by atoms with Crippen LogP contribution < -0.4 is 9.64 Å². The van der Waals surface area contributed by atoms with E-state index in [0.717, 1.165) is 18.4 Å². The van der Waals surface area contributed by atoms with Gasteiger partial charge in [-0.05, 0) is 55.7 Å². The predicted molar refractivity (Wildman–Crippen MR) is 106 cm³/mol. The molecule has 1 aromatic heterocycles. The summed E-state index contributed by atoms with van der Waals surface area (Å²) in [5.41, 5.74) is 1.33. The zero-order valence-electron chi connectivity index (χ0n) is 16.3. The summed E-state index contributed by atoms with van der Waals surface area (Å²) in [5, 5.41) is 0. The number of rotatable bonds is 7. The van der Waals surface area contributed by atoms with Crippen LogP contribution in [0.5, 0.6) is 5.75 Å². The Balaban J connectivity index is 1.58. The Hall–Kier alpha value is -3.22. The number of carbonyl (C=O) groups is 3. The van der Waals surface area contributed by atoms with E-state index in [0.29, 0.717) is 18.0 Å². The second-order valence-electron chi connectivity index (χ2n) is 7.32. The van der Waals surface area contributed by atoms with Crippen LogP contribution in [0.4, 0.5) is 5.69 Å². The topological polar surface area (TPSA) is 79.8 Å². The first-order valence-corrected chi connectivity index (χ1v) is 9.87. The van der Waals surface area contributed by atoms with Crippen molar-refractivity contribution in [3.8, 4) is 5.75 Å². The first kappa shape index (κ1) is 19.1. The summed E-state index contributed by atoms with van der Waals surface area (Å²) in [6.07, 6.45) is 5.00. The maximum atomic E-state index is 13.2. The number of aromatic nitrogens is 1. The van der Waals surface area contributed by atoms with Crippen molar-refractivity contribution in [1.82, 2.24) is 9.88 Å². The summed E-state index contributed by atoms with van der Waals surface area (Å²) in [5.74, 6) is -0.0994. The van der Waals surface area contributed by atoms with Crippen molar-refractivity contribution in [2.75, 3.05) is 11.5 Å². The predicted octanol–water partition coefficient (Wildman–Crippen LogP) is 2.55. The monoisotopic (exact) mass is 393 g/mol. The largest absolute Gasteiger partial charge is 0.494 e. The highest BCUT2D eigenvalue weighted by Gasteiger charge is 2.46. The van der Waals surface area contributed by atoms with E-state index in [1.54, 1.807) is 47.6 Å². The Morgan fingerprint density at radius 3 is 2.59 bits per heavy atom. The zero-order valence-corrected chi connectivity index (χ0v) is 16.3. The molecule has 1 saturated heterocycles. The van der Waals surface area contributed by atoms with Gasteiger partial charge in [-0.3, -0.25) is 19.4 Å². The van der Waals surface area contributed by atoms with Crippen LogP contribution in [0.25, 0.3) is 0 Å². The number of pyridine rings is 1. The molecule has 0 bridgehead atoms. The smallest absolute Gasteiger partial charge is 0.257 e. The lowest BCUT2D eigenvalue weighted by Gasteiger charge is -2.28. The van der Waals surface area contributed by atoms with Crippen LogP contribution in [0, 0.1) is 5.92 Å². The number of anilines is 1. The lowest BCUT2D eigenvalue weighted by Crippen LogP contribution is -2.45. The molecule has 2 heterocycles. The Morgan fingerprint density at radius 2 is 1.97 bits per heavy atom. The summed E-state index contributed by atoms with van der Waals surface area (Å²) in [6.45, 7) is 2.69. The fourth-order valence-corrected chi connectivity index (χ4v) is 3.58. The summed E-state index contributed by atoms with van der Waals surface area (Å²) < 4.78 is 5.42. The molecule has 1 atom stereocenters. The van der Waals surface area contributed by atoms with Gasteiger partial charge in [0.05, 0.1) is 18.7 Å². The first-order valence-electron chi connectivity index (χ1n) is 9.87. The van der Waals surface area contributed by atoms with Gasteiger partial charge in [0.25, 0.3) is 5.91 Å². The Morgan fingerprint density at radius 1 is 1.21 bits per heavy atom. The molecule has 0 radical (unpaired) electrons. The van der Waals surface area contributed by atoms with Crippen molar-refractivity contribution in [3.63, 3.8) is 0 Å². The number of hydrogen-bond donors (Lipinski definition) is 0. The van der Waals surface area contributed by atoms with E-state index in [1.165, 1.54) is 4.90 Å². The van der Waals surface area contributed by atoms with E-state index in [1.807, 2.05) is 13.0 Å². The molecule has 4 rings (SSSR count). The number of ether oxygens (including phenoxy) is 1. The summed E-state index contributed by atoms with van der Waals surface area (Å²) in [4.78, 5) is 45.6. The second kappa shape index (κ2) is 8.03. The van der Waals surface area contributed by atoms with Gasteiger partial charge in [-0.25, -0.2) is 4.90 Å². The molecular weight excluding hydrogens is 370 g/mol. The number of amides is 3. The highest BCUT2D eigenvalue weighted by atomic mass is 16.5. The summed E-state index contributed by atoms with van der Waals surface area (Å²) >= 11 is 0. The van der Waals surface area contributed by atoms with Crippen molar-refractivity contribution in [2.24, 2.45) is 5.92 Å². The van der Waals surface area contributed by atoms with Crippen molar-refractivity contribution in [1.29, 1.82) is 0 Å². The van der Waals surface area contributed by atoms with E-state index in [2.05, 4.69) is 4.98 Å². The molecular formula is C22H23N3O4. The van der Waals surface area contributed by atoms with Gasteiger partial charge in [-0.2, -0.15) is 0 Å². The van der Waals surface area contributed by atoms with Gasteiger partial charge in [0.15, 0.2) is 0 Å². The van der Waals surface area contributed by atoms with Crippen LogP contribution in [-0.4, -0.2) is 40.3 Å². The fraction of sp³-hybridized carbons (Fsp3) is 0.364. The minimum atomic E-state index is -0.789. The SMILES string of the molecule is CCOc1ccc(N2C(=O)CC(N(Cc3cccnc3)C(=O)C3CC3)C2=O)cc1. The van der Waals surface area contributed by atoms with E-state index < -0.39 is 6.04 Å². The number of imide groups is 1. The molecule has 7 heteroatoms. The molecule has 150 valence electrons. The molecule has 2 aromatic rings.